The van der Waals surface area contributed by atoms with Gasteiger partial charge in [-0.05, 0) is 65.9 Å². The van der Waals surface area contributed by atoms with E-state index in [4.69, 9.17) is 10.5 Å². The van der Waals surface area contributed by atoms with E-state index in [1.165, 1.54) is 12.1 Å². The van der Waals surface area contributed by atoms with Crippen molar-refractivity contribution in [1.29, 1.82) is 0 Å². The molecule has 0 bridgehead atoms. The van der Waals surface area contributed by atoms with Crippen molar-refractivity contribution in [2.75, 3.05) is 0 Å². The van der Waals surface area contributed by atoms with E-state index < -0.39 is 17.6 Å². The molecule has 3 aromatic rings. The first-order valence-corrected chi connectivity index (χ1v) is 9.65. The zero-order valence-electron chi connectivity index (χ0n) is 16.0. The molecule has 1 saturated carbocycles. The van der Waals surface area contributed by atoms with Crippen LogP contribution in [0.1, 0.15) is 40.4 Å². The first-order chi connectivity index (χ1) is 14.3. The SMILES string of the molecule is NC(=O)c1ccc(C(Oc2ccc(-c3ccc(C(F)(F)F)cc3)cc2)C2CC2)cc1. The summed E-state index contributed by atoms with van der Waals surface area (Å²) in [6, 6.07) is 19.5. The van der Waals surface area contributed by atoms with Gasteiger partial charge in [-0.25, -0.2) is 0 Å². The summed E-state index contributed by atoms with van der Waals surface area (Å²) in [5.41, 5.74) is 7.58. The second kappa shape index (κ2) is 7.86. The molecule has 6 heteroatoms. The Balaban J connectivity index is 1.49. The van der Waals surface area contributed by atoms with Gasteiger partial charge in [-0.3, -0.25) is 4.79 Å². The highest BCUT2D eigenvalue weighted by Gasteiger charge is 2.34. The van der Waals surface area contributed by atoms with E-state index in [1.807, 2.05) is 36.4 Å². The summed E-state index contributed by atoms with van der Waals surface area (Å²) in [7, 11) is 0. The van der Waals surface area contributed by atoms with Gasteiger partial charge in [0, 0.05) is 11.5 Å². The molecule has 1 fully saturated rings. The molecule has 154 valence electrons. The van der Waals surface area contributed by atoms with Crippen molar-refractivity contribution >= 4 is 5.91 Å². The molecule has 0 aromatic heterocycles. The lowest BCUT2D eigenvalue weighted by atomic mass is 10.0. The van der Waals surface area contributed by atoms with Gasteiger partial charge in [0.2, 0.25) is 5.91 Å². The lowest BCUT2D eigenvalue weighted by Crippen LogP contribution is -2.13. The molecule has 3 nitrogen and oxygen atoms in total. The number of ether oxygens (including phenoxy) is 1. The second-order valence-corrected chi connectivity index (χ2v) is 7.46. The molecule has 4 rings (SSSR count). The Morgan fingerprint density at radius 1 is 0.867 bits per heavy atom. The number of hydrogen-bond acceptors (Lipinski definition) is 2. The maximum Gasteiger partial charge on any atom is 0.416 e. The Labute approximate surface area is 172 Å². The van der Waals surface area contributed by atoms with Crippen molar-refractivity contribution in [1.82, 2.24) is 0 Å². The van der Waals surface area contributed by atoms with Gasteiger partial charge in [-0.15, -0.1) is 0 Å². The molecule has 1 aliphatic carbocycles. The van der Waals surface area contributed by atoms with Gasteiger partial charge in [-0.1, -0.05) is 36.4 Å². The number of halogens is 3. The lowest BCUT2D eigenvalue weighted by molar-refractivity contribution is -0.137. The summed E-state index contributed by atoms with van der Waals surface area (Å²) >= 11 is 0. The van der Waals surface area contributed by atoms with Gasteiger partial charge < -0.3 is 10.5 Å². The van der Waals surface area contributed by atoms with Gasteiger partial charge in [-0.2, -0.15) is 13.2 Å². The molecule has 0 saturated heterocycles. The van der Waals surface area contributed by atoms with Crippen LogP contribution in [0.2, 0.25) is 0 Å². The maximum atomic E-state index is 12.7. The number of carbonyl (C=O) groups excluding carboxylic acids is 1. The van der Waals surface area contributed by atoms with E-state index in [2.05, 4.69) is 0 Å². The average Bonchev–Trinajstić information content (AvgIpc) is 3.57. The summed E-state index contributed by atoms with van der Waals surface area (Å²) in [4.78, 5) is 11.3. The van der Waals surface area contributed by atoms with Gasteiger partial charge >= 0.3 is 6.18 Å². The minimum Gasteiger partial charge on any atom is -0.485 e. The smallest absolute Gasteiger partial charge is 0.416 e. The standard InChI is InChI=1S/C24H20F3NO2/c25-24(26,27)20-11-7-15(8-12-20)16-9-13-21(14-10-16)30-22(17-1-2-17)18-3-5-19(6-4-18)23(28)29/h3-14,17,22H,1-2H2,(H2,28,29). The Morgan fingerprint density at radius 3 is 1.87 bits per heavy atom. The van der Waals surface area contributed by atoms with Crippen LogP contribution in [0.5, 0.6) is 5.75 Å². The van der Waals surface area contributed by atoms with Crippen molar-refractivity contribution < 1.29 is 22.7 Å². The Bertz CT molecular complexity index is 1020. The van der Waals surface area contributed by atoms with Crippen LogP contribution in [0.4, 0.5) is 13.2 Å². The maximum absolute atomic E-state index is 12.7. The summed E-state index contributed by atoms with van der Waals surface area (Å²) < 4.78 is 44.4. The van der Waals surface area contributed by atoms with Gasteiger partial charge in [0.1, 0.15) is 11.9 Å². The minimum absolute atomic E-state index is 0.121. The Morgan fingerprint density at radius 2 is 1.40 bits per heavy atom. The summed E-state index contributed by atoms with van der Waals surface area (Å²) in [5.74, 6) is 0.629. The summed E-state index contributed by atoms with van der Waals surface area (Å²) in [5, 5.41) is 0. The van der Waals surface area contributed by atoms with Crippen LogP contribution in [0.15, 0.2) is 72.8 Å². The molecule has 30 heavy (non-hydrogen) atoms. The Hall–Kier alpha value is -3.28. The largest absolute Gasteiger partial charge is 0.485 e. The molecule has 1 amide bonds. The number of benzene rings is 3. The highest BCUT2D eigenvalue weighted by atomic mass is 19.4. The van der Waals surface area contributed by atoms with Gasteiger partial charge in [0.05, 0.1) is 5.56 Å². The molecular weight excluding hydrogens is 391 g/mol. The normalized spacial score (nSPS) is 14.9. The predicted octanol–water partition coefficient (Wildman–Crippen LogP) is 6.00. The fourth-order valence-corrected chi connectivity index (χ4v) is 3.40. The fraction of sp³-hybridized carbons (Fsp3) is 0.208. The Kier molecular flexibility index (Phi) is 5.24. The topological polar surface area (TPSA) is 52.3 Å². The zero-order valence-corrected chi connectivity index (χ0v) is 16.0. The number of amides is 1. The summed E-state index contributed by atoms with van der Waals surface area (Å²) in [6.07, 6.45) is -2.31. The molecule has 3 aromatic carbocycles. The van der Waals surface area contributed by atoms with Crippen LogP contribution in [0.25, 0.3) is 11.1 Å². The molecule has 1 unspecified atom stereocenters. The molecule has 0 aliphatic heterocycles. The average molecular weight is 411 g/mol. The third-order valence-corrected chi connectivity index (χ3v) is 5.24. The molecule has 0 radical (unpaired) electrons. The highest BCUT2D eigenvalue weighted by molar-refractivity contribution is 5.92. The first-order valence-electron chi connectivity index (χ1n) is 9.65. The van der Waals surface area contributed by atoms with E-state index in [9.17, 15) is 18.0 Å². The predicted molar refractivity (Wildman–Crippen MR) is 108 cm³/mol. The van der Waals surface area contributed by atoms with Crippen molar-refractivity contribution in [2.45, 2.75) is 25.1 Å². The summed E-state index contributed by atoms with van der Waals surface area (Å²) in [6.45, 7) is 0. The van der Waals surface area contributed by atoms with E-state index in [-0.39, 0.29) is 6.10 Å². The van der Waals surface area contributed by atoms with E-state index >= 15 is 0 Å². The quantitative estimate of drug-likeness (QED) is 0.541. The molecule has 2 N–H and O–H groups in total. The second-order valence-electron chi connectivity index (χ2n) is 7.46. The number of nitrogens with two attached hydrogens (primary N) is 1. The van der Waals surface area contributed by atoms with E-state index in [0.29, 0.717) is 22.8 Å². The number of carbonyl (C=O) groups is 1. The number of hydrogen-bond donors (Lipinski definition) is 1. The van der Waals surface area contributed by atoms with E-state index in [1.54, 1.807) is 12.1 Å². The first kappa shape index (κ1) is 20.0. The molecule has 1 atom stereocenters. The molecule has 0 spiro atoms. The van der Waals surface area contributed by atoms with Crippen LogP contribution in [0.3, 0.4) is 0 Å². The van der Waals surface area contributed by atoms with Crippen molar-refractivity contribution in [2.24, 2.45) is 11.7 Å². The van der Waals surface area contributed by atoms with Crippen LogP contribution in [-0.4, -0.2) is 5.91 Å². The molecule has 0 heterocycles. The highest BCUT2D eigenvalue weighted by Crippen LogP contribution is 2.44. The van der Waals surface area contributed by atoms with Crippen molar-refractivity contribution in [3.63, 3.8) is 0 Å². The molecule has 1 aliphatic rings. The third-order valence-electron chi connectivity index (χ3n) is 5.24. The van der Waals surface area contributed by atoms with Gasteiger partial charge in [0.25, 0.3) is 0 Å². The van der Waals surface area contributed by atoms with Crippen LogP contribution >= 0.6 is 0 Å². The lowest BCUT2D eigenvalue weighted by Gasteiger charge is -2.20. The number of alkyl halides is 3. The zero-order chi connectivity index (χ0) is 21.3. The van der Waals surface area contributed by atoms with Crippen molar-refractivity contribution in [3.05, 3.63) is 89.5 Å². The number of primary amides is 1. The van der Waals surface area contributed by atoms with Crippen LogP contribution in [-0.2, 0) is 6.18 Å². The fourth-order valence-electron chi connectivity index (χ4n) is 3.40. The third kappa shape index (κ3) is 4.48. The number of rotatable bonds is 6. The molecular formula is C24H20F3NO2. The van der Waals surface area contributed by atoms with E-state index in [0.717, 1.165) is 36.1 Å². The minimum atomic E-state index is -4.34. The van der Waals surface area contributed by atoms with Crippen molar-refractivity contribution in [3.8, 4) is 16.9 Å². The van der Waals surface area contributed by atoms with Gasteiger partial charge in [0.15, 0.2) is 0 Å². The van der Waals surface area contributed by atoms with Crippen LogP contribution < -0.4 is 10.5 Å². The van der Waals surface area contributed by atoms with Crippen LogP contribution in [0, 0.1) is 5.92 Å². The monoisotopic (exact) mass is 411 g/mol.